The molecule has 0 aromatic heterocycles. The maximum Gasteiger partial charge on any atom is 0.0586 e. The van der Waals surface area contributed by atoms with Gasteiger partial charge < -0.3 is 0 Å². The van der Waals surface area contributed by atoms with E-state index in [-0.39, 0.29) is 0 Å². The molecule has 0 amide bonds. The van der Waals surface area contributed by atoms with E-state index < -0.39 is 0 Å². The van der Waals surface area contributed by atoms with Gasteiger partial charge in [-0.15, -0.1) is 11.8 Å². The van der Waals surface area contributed by atoms with Crippen molar-refractivity contribution in [3.05, 3.63) is 99.2 Å². The van der Waals surface area contributed by atoms with E-state index in [0.717, 1.165) is 0 Å². The molecule has 0 atom stereocenters. The molecule has 2 aromatic rings. The summed E-state index contributed by atoms with van der Waals surface area (Å²) in [5, 5.41) is 0. The molecule has 2 heterocycles. The van der Waals surface area contributed by atoms with Crippen LogP contribution in [-0.4, -0.2) is 6.26 Å². The summed E-state index contributed by atoms with van der Waals surface area (Å²) >= 11 is 9.53. The Morgan fingerprint density at radius 1 is 0.586 bits per heavy atom. The largest absolute Gasteiger partial charge is 0.122 e. The Hall–Kier alpha value is -0.850. The summed E-state index contributed by atoms with van der Waals surface area (Å²) in [6.07, 6.45) is 2.17. The van der Waals surface area contributed by atoms with Crippen LogP contribution in [0, 0.1) is 0 Å². The topological polar surface area (TPSA) is 0 Å². The Morgan fingerprint density at radius 3 is 1.41 bits per heavy atom. The second-order valence-electron chi connectivity index (χ2n) is 6.63. The zero-order valence-corrected chi connectivity index (χ0v) is 20.9. The van der Waals surface area contributed by atoms with Crippen LogP contribution < -0.4 is 0 Å². The number of rotatable bonds is 4. The summed E-state index contributed by atoms with van der Waals surface area (Å²) in [6, 6.07) is 21.8. The molecule has 0 bridgehead atoms. The van der Waals surface area contributed by atoms with Crippen molar-refractivity contribution in [1.82, 2.24) is 0 Å². The first-order valence-corrected chi connectivity index (χ1v) is 13.8. The lowest BCUT2D eigenvalue weighted by atomic mass is 9.95. The fourth-order valence-corrected chi connectivity index (χ4v) is 9.55. The van der Waals surface area contributed by atoms with Gasteiger partial charge >= 0.3 is 0 Å². The van der Waals surface area contributed by atoms with Crippen molar-refractivity contribution >= 4 is 70.0 Å². The zero-order chi connectivity index (χ0) is 20.4. The highest BCUT2D eigenvalue weighted by molar-refractivity contribution is 8.35. The molecule has 0 radical (unpaired) electrons. The lowest BCUT2D eigenvalue weighted by molar-refractivity contribution is 1.57. The third-order valence-corrected chi connectivity index (χ3v) is 11.3. The van der Waals surface area contributed by atoms with Gasteiger partial charge in [0, 0.05) is 16.1 Å². The minimum absolute atomic E-state index is 1.28. The van der Waals surface area contributed by atoms with Crippen LogP contribution >= 0.6 is 58.8 Å². The predicted octanol–water partition coefficient (Wildman–Crippen LogP) is 9.49. The van der Waals surface area contributed by atoms with Crippen LogP contribution in [0.5, 0.6) is 0 Å². The van der Waals surface area contributed by atoms with E-state index in [1.54, 1.807) is 0 Å². The first kappa shape index (κ1) is 21.4. The van der Waals surface area contributed by atoms with Crippen LogP contribution in [0.25, 0.3) is 11.1 Å². The van der Waals surface area contributed by atoms with Gasteiger partial charge in [-0.25, -0.2) is 0 Å². The molecule has 0 aliphatic carbocycles. The van der Waals surface area contributed by atoms with Gasteiger partial charge in [0.15, 0.2) is 0 Å². The molecule has 2 aliphatic rings. The van der Waals surface area contributed by atoms with Crippen LogP contribution in [0.3, 0.4) is 0 Å². The van der Waals surface area contributed by atoms with Crippen LogP contribution in [0.15, 0.2) is 88.1 Å². The number of thioether (sulfide) groups is 5. The smallest absolute Gasteiger partial charge is 0.0586 e. The van der Waals surface area contributed by atoms with Gasteiger partial charge in [0.25, 0.3) is 0 Å². The lowest BCUT2D eigenvalue weighted by Gasteiger charge is -2.18. The normalized spacial score (nSPS) is 18.7. The van der Waals surface area contributed by atoms with E-state index in [2.05, 4.69) is 87.7 Å². The number of hydrogen-bond acceptors (Lipinski definition) is 5. The van der Waals surface area contributed by atoms with E-state index in [1.807, 2.05) is 58.8 Å². The van der Waals surface area contributed by atoms with Gasteiger partial charge in [-0.3, -0.25) is 0 Å². The third kappa shape index (κ3) is 4.59. The van der Waals surface area contributed by atoms with Crippen molar-refractivity contribution < 1.29 is 0 Å². The van der Waals surface area contributed by atoms with Crippen molar-refractivity contribution in [1.29, 1.82) is 0 Å². The van der Waals surface area contributed by atoms with Gasteiger partial charge in [0.05, 0.1) is 12.7 Å². The molecule has 0 unspecified atom stereocenters. The minimum Gasteiger partial charge on any atom is -0.122 e. The van der Waals surface area contributed by atoms with Crippen molar-refractivity contribution in [2.75, 3.05) is 6.26 Å². The molecule has 29 heavy (non-hydrogen) atoms. The molecule has 0 saturated heterocycles. The average molecular weight is 471 g/mol. The molecule has 0 spiro atoms. The Balaban J connectivity index is 1.96. The molecule has 2 aromatic carbocycles. The van der Waals surface area contributed by atoms with Gasteiger partial charge in [-0.1, -0.05) is 108 Å². The van der Waals surface area contributed by atoms with Gasteiger partial charge in [-0.2, -0.15) is 0 Å². The first-order chi connectivity index (χ1) is 14.1. The fourth-order valence-electron chi connectivity index (χ4n) is 3.13. The Kier molecular flexibility index (Phi) is 7.02. The number of allylic oxidation sites excluding steroid dienone is 5. The molecule has 0 saturated carbocycles. The highest BCUT2D eigenvalue weighted by Gasteiger charge is 2.28. The number of benzene rings is 2. The Labute approximate surface area is 195 Å². The van der Waals surface area contributed by atoms with E-state index in [4.69, 9.17) is 0 Å². The van der Waals surface area contributed by atoms with Crippen LogP contribution in [0.4, 0.5) is 0 Å². The van der Waals surface area contributed by atoms with E-state index in [0.29, 0.717) is 0 Å². The summed E-state index contributed by atoms with van der Waals surface area (Å²) in [7, 11) is 0. The van der Waals surface area contributed by atoms with Crippen molar-refractivity contribution in [3.63, 3.8) is 0 Å². The lowest BCUT2D eigenvalue weighted by Crippen LogP contribution is -1.94. The SMILES string of the molecule is CSC1=C(C)S/C(=C(\C(=C2SC(C)=C(C)S2)c2ccccc2)c2ccccc2)S1. The zero-order valence-electron chi connectivity index (χ0n) is 16.8. The molecule has 0 N–H and O–H groups in total. The molecule has 4 rings (SSSR count). The average Bonchev–Trinajstić information content (AvgIpc) is 3.28. The van der Waals surface area contributed by atoms with E-state index >= 15 is 0 Å². The molecule has 5 heteroatoms. The molecule has 0 fully saturated rings. The summed E-state index contributed by atoms with van der Waals surface area (Å²) < 4.78 is 4.18. The van der Waals surface area contributed by atoms with Crippen LogP contribution in [-0.2, 0) is 0 Å². The summed E-state index contributed by atoms with van der Waals surface area (Å²) in [4.78, 5) is 4.21. The first-order valence-electron chi connectivity index (χ1n) is 9.32. The molecular weight excluding hydrogens is 449 g/mol. The standard InChI is InChI=1S/C24H22S5/c1-15-16(2)27-23(26-15)20(18-11-7-5-8-12-18)21(19-13-9-6-10-14-19)24-28-17(3)22(25-4)29-24/h5-14H,1-4H3/b24-21+. The maximum atomic E-state index is 2.25. The minimum atomic E-state index is 1.28. The maximum absolute atomic E-state index is 2.25. The highest BCUT2D eigenvalue weighted by atomic mass is 32.2. The second-order valence-corrected chi connectivity index (χ2v) is 12.9. The molecular formula is C24H22S5. The van der Waals surface area contributed by atoms with Gasteiger partial charge in [-0.05, 0) is 48.0 Å². The summed E-state index contributed by atoms with van der Waals surface area (Å²) in [5.41, 5.74) is 5.28. The highest BCUT2D eigenvalue weighted by Crippen LogP contribution is 2.60. The predicted molar refractivity (Wildman–Crippen MR) is 142 cm³/mol. The van der Waals surface area contributed by atoms with Gasteiger partial charge in [0.1, 0.15) is 0 Å². The van der Waals surface area contributed by atoms with E-state index in [9.17, 15) is 0 Å². The molecule has 148 valence electrons. The van der Waals surface area contributed by atoms with E-state index in [1.165, 1.54) is 49.7 Å². The van der Waals surface area contributed by atoms with Crippen molar-refractivity contribution in [2.45, 2.75) is 20.8 Å². The van der Waals surface area contributed by atoms with Gasteiger partial charge in [0.2, 0.25) is 0 Å². The molecule has 2 aliphatic heterocycles. The van der Waals surface area contributed by atoms with Crippen LogP contribution in [0.1, 0.15) is 31.9 Å². The Bertz CT molecular complexity index is 1030. The van der Waals surface area contributed by atoms with Crippen molar-refractivity contribution in [3.8, 4) is 0 Å². The monoisotopic (exact) mass is 470 g/mol. The number of hydrogen-bond donors (Lipinski definition) is 0. The summed E-state index contributed by atoms with van der Waals surface area (Å²) in [5.74, 6) is 0. The van der Waals surface area contributed by atoms with Crippen LogP contribution in [0.2, 0.25) is 0 Å². The molecule has 0 nitrogen and oxygen atoms in total. The second kappa shape index (κ2) is 9.52. The quantitative estimate of drug-likeness (QED) is 0.435. The third-order valence-electron chi connectivity index (χ3n) is 4.67. The van der Waals surface area contributed by atoms with Crippen molar-refractivity contribution in [2.24, 2.45) is 0 Å². The fraction of sp³-hybridized carbons (Fsp3) is 0.167. The summed E-state index contributed by atoms with van der Waals surface area (Å²) in [6.45, 7) is 6.70. The Morgan fingerprint density at radius 2 is 1.00 bits per heavy atom.